The highest BCUT2D eigenvalue weighted by molar-refractivity contribution is 5.87. The van der Waals surface area contributed by atoms with Crippen molar-refractivity contribution in [1.82, 2.24) is 5.32 Å². The number of methoxy groups -OCH3 is 1. The maximum absolute atomic E-state index is 11.9. The number of ether oxygens (including phenoxy) is 1. The first kappa shape index (κ1) is 16.2. The molecule has 0 saturated heterocycles. The summed E-state index contributed by atoms with van der Waals surface area (Å²) in [4.78, 5) is 23.7. The van der Waals surface area contributed by atoms with Crippen LogP contribution in [-0.2, 0) is 20.7 Å². The summed E-state index contributed by atoms with van der Waals surface area (Å²) in [5.41, 5.74) is 6.70. The molecular weight excluding hydrogens is 256 g/mol. The number of rotatable bonds is 7. The first-order valence-corrected chi connectivity index (χ1v) is 6.76. The van der Waals surface area contributed by atoms with Gasteiger partial charge in [0.2, 0.25) is 5.91 Å². The molecule has 1 aromatic rings. The molecule has 1 amide bonds. The molecule has 0 aliphatic rings. The van der Waals surface area contributed by atoms with Gasteiger partial charge in [0.1, 0.15) is 6.04 Å². The number of nitrogens with two attached hydrogens (primary N) is 1. The molecule has 3 N–H and O–H groups in total. The Kier molecular flexibility index (Phi) is 6.73. The molecule has 0 saturated carbocycles. The van der Waals surface area contributed by atoms with E-state index in [1.165, 1.54) is 7.11 Å². The number of esters is 1. The van der Waals surface area contributed by atoms with Crippen LogP contribution in [0, 0.1) is 0 Å². The Balaban J connectivity index is 2.70. The number of amides is 1. The number of nitrogens with one attached hydrogen (secondary N) is 1. The van der Waals surface area contributed by atoms with Gasteiger partial charge in [-0.05, 0) is 12.0 Å². The van der Waals surface area contributed by atoms with Crippen LogP contribution in [-0.4, -0.2) is 31.1 Å². The van der Waals surface area contributed by atoms with Gasteiger partial charge >= 0.3 is 5.97 Å². The molecule has 0 spiro atoms. The Morgan fingerprint density at radius 2 is 1.95 bits per heavy atom. The third-order valence-corrected chi connectivity index (χ3v) is 3.02. The number of hydrogen-bond donors (Lipinski definition) is 2. The fourth-order valence-electron chi connectivity index (χ4n) is 1.91. The first-order valence-electron chi connectivity index (χ1n) is 6.76. The zero-order valence-corrected chi connectivity index (χ0v) is 12.0. The van der Waals surface area contributed by atoms with E-state index < -0.39 is 18.1 Å². The summed E-state index contributed by atoms with van der Waals surface area (Å²) in [6.45, 7) is 1.95. The van der Waals surface area contributed by atoms with Crippen molar-refractivity contribution in [3.63, 3.8) is 0 Å². The summed E-state index contributed by atoms with van der Waals surface area (Å²) in [5, 5.41) is 2.66. The zero-order valence-electron chi connectivity index (χ0n) is 12.0. The highest BCUT2D eigenvalue weighted by atomic mass is 16.5. The third-order valence-electron chi connectivity index (χ3n) is 3.02. The minimum atomic E-state index is -0.710. The van der Waals surface area contributed by atoms with Crippen LogP contribution in [0.3, 0.4) is 0 Å². The molecule has 20 heavy (non-hydrogen) atoms. The molecule has 5 heteroatoms. The van der Waals surface area contributed by atoms with Gasteiger partial charge in [-0.2, -0.15) is 0 Å². The van der Waals surface area contributed by atoms with E-state index in [1.807, 2.05) is 37.3 Å². The minimum absolute atomic E-state index is 0.321. The average molecular weight is 278 g/mol. The van der Waals surface area contributed by atoms with Crippen molar-refractivity contribution in [3.05, 3.63) is 35.9 Å². The molecule has 1 aromatic carbocycles. The monoisotopic (exact) mass is 278 g/mol. The maximum Gasteiger partial charge on any atom is 0.328 e. The fourth-order valence-corrected chi connectivity index (χ4v) is 1.91. The largest absolute Gasteiger partial charge is 0.467 e. The Hall–Kier alpha value is -1.88. The van der Waals surface area contributed by atoms with E-state index >= 15 is 0 Å². The summed E-state index contributed by atoms with van der Waals surface area (Å²) < 4.78 is 4.73. The van der Waals surface area contributed by atoms with Crippen LogP contribution in [0.4, 0.5) is 0 Å². The predicted molar refractivity (Wildman–Crippen MR) is 77.0 cm³/mol. The smallest absolute Gasteiger partial charge is 0.328 e. The summed E-state index contributed by atoms with van der Waals surface area (Å²) in [6, 6.07) is 8.15. The van der Waals surface area contributed by atoms with Gasteiger partial charge in [-0.3, -0.25) is 4.79 Å². The first-order chi connectivity index (χ1) is 9.58. The van der Waals surface area contributed by atoms with Crippen molar-refractivity contribution < 1.29 is 14.3 Å². The Morgan fingerprint density at radius 3 is 2.50 bits per heavy atom. The molecule has 0 radical (unpaired) electrons. The maximum atomic E-state index is 11.9. The van der Waals surface area contributed by atoms with Crippen molar-refractivity contribution in [2.24, 2.45) is 5.73 Å². The second kappa shape index (κ2) is 8.32. The summed E-state index contributed by atoms with van der Waals surface area (Å²) >= 11 is 0. The summed E-state index contributed by atoms with van der Waals surface area (Å²) in [5.74, 6) is -0.788. The second-order valence-corrected chi connectivity index (χ2v) is 4.67. The summed E-state index contributed by atoms with van der Waals surface area (Å²) in [7, 11) is 1.30. The van der Waals surface area contributed by atoms with Crippen molar-refractivity contribution in [3.8, 4) is 0 Å². The quantitative estimate of drug-likeness (QED) is 0.729. The van der Waals surface area contributed by atoms with Crippen molar-refractivity contribution in [2.45, 2.75) is 38.3 Å². The van der Waals surface area contributed by atoms with Crippen molar-refractivity contribution >= 4 is 11.9 Å². The van der Waals surface area contributed by atoms with E-state index in [1.54, 1.807) is 0 Å². The van der Waals surface area contributed by atoms with Crippen LogP contribution < -0.4 is 11.1 Å². The molecular formula is C15H22N2O3. The van der Waals surface area contributed by atoms with Gasteiger partial charge in [0.05, 0.1) is 13.2 Å². The minimum Gasteiger partial charge on any atom is -0.467 e. The molecule has 0 aromatic heterocycles. The number of benzene rings is 1. The van der Waals surface area contributed by atoms with E-state index in [0.29, 0.717) is 12.8 Å². The SMILES string of the molecule is CCC[C@@H](N)C(=O)NC(Cc1ccccc1)C(=O)OC. The lowest BCUT2D eigenvalue weighted by Crippen LogP contribution is -2.49. The number of carbonyl (C=O) groups is 2. The molecule has 0 fully saturated rings. The molecule has 5 nitrogen and oxygen atoms in total. The van der Waals surface area contributed by atoms with E-state index in [4.69, 9.17) is 10.5 Å². The number of hydrogen-bond acceptors (Lipinski definition) is 4. The van der Waals surface area contributed by atoms with E-state index in [9.17, 15) is 9.59 Å². The highest BCUT2D eigenvalue weighted by Gasteiger charge is 2.24. The Morgan fingerprint density at radius 1 is 1.30 bits per heavy atom. The third kappa shape index (κ3) is 5.01. The van der Waals surface area contributed by atoms with Crippen LogP contribution in [0.1, 0.15) is 25.3 Å². The molecule has 0 heterocycles. The predicted octanol–water partition coefficient (Wildman–Crippen LogP) is 1.01. The Labute approximate surface area is 119 Å². The second-order valence-electron chi connectivity index (χ2n) is 4.67. The average Bonchev–Trinajstić information content (AvgIpc) is 2.47. The molecule has 2 atom stereocenters. The van der Waals surface area contributed by atoms with E-state index in [-0.39, 0.29) is 5.91 Å². The van der Waals surface area contributed by atoms with Gasteiger partial charge in [-0.1, -0.05) is 43.7 Å². The lowest BCUT2D eigenvalue weighted by molar-refractivity contribution is -0.145. The van der Waals surface area contributed by atoms with Gasteiger partial charge in [-0.15, -0.1) is 0 Å². The highest BCUT2D eigenvalue weighted by Crippen LogP contribution is 2.05. The normalized spacial score (nSPS) is 13.3. The lowest BCUT2D eigenvalue weighted by Gasteiger charge is -2.19. The van der Waals surface area contributed by atoms with Crippen LogP contribution >= 0.6 is 0 Å². The lowest BCUT2D eigenvalue weighted by atomic mass is 10.1. The van der Waals surface area contributed by atoms with Crippen molar-refractivity contribution in [1.29, 1.82) is 0 Å². The molecule has 1 rings (SSSR count). The molecule has 0 aliphatic heterocycles. The summed E-state index contributed by atoms with van der Waals surface area (Å²) in [6.07, 6.45) is 1.79. The molecule has 1 unspecified atom stereocenters. The van der Waals surface area contributed by atoms with Gasteiger partial charge in [-0.25, -0.2) is 4.79 Å². The molecule has 0 bridgehead atoms. The van der Waals surface area contributed by atoms with Crippen LogP contribution in [0.25, 0.3) is 0 Å². The van der Waals surface area contributed by atoms with Gasteiger partial charge in [0.15, 0.2) is 0 Å². The fraction of sp³-hybridized carbons (Fsp3) is 0.467. The standard InChI is InChI=1S/C15H22N2O3/c1-3-7-12(16)14(18)17-13(15(19)20-2)10-11-8-5-4-6-9-11/h4-6,8-9,12-13H,3,7,10,16H2,1-2H3,(H,17,18)/t12-,13?/m1/s1. The van der Waals surface area contributed by atoms with Gasteiger partial charge in [0.25, 0.3) is 0 Å². The molecule has 0 aliphatic carbocycles. The Bertz CT molecular complexity index is 434. The van der Waals surface area contributed by atoms with Crippen LogP contribution in [0.5, 0.6) is 0 Å². The van der Waals surface area contributed by atoms with E-state index in [2.05, 4.69) is 5.32 Å². The topological polar surface area (TPSA) is 81.4 Å². The van der Waals surface area contributed by atoms with Crippen LogP contribution in [0.2, 0.25) is 0 Å². The molecule has 110 valence electrons. The number of carbonyl (C=O) groups excluding carboxylic acids is 2. The van der Waals surface area contributed by atoms with Gasteiger partial charge in [0, 0.05) is 6.42 Å². The zero-order chi connectivity index (χ0) is 15.0. The van der Waals surface area contributed by atoms with Crippen molar-refractivity contribution in [2.75, 3.05) is 7.11 Å². The van der Waals surface area contributed by atoms with Gasteiger partial charge < -0.3 is 15.8 Å². The van der Waals surface area contributed by atoms with Crippen LogP contribution in [0.15, 0.2) is 30.3 Å². The van der Waals surface area contributed by atoms with E-state index in [0.717, 1.165) is 12.0 Å².